The van der Waals surface area contributed by atoms with Gasteiger partial charge in [0.1, 0.15) is 23.3 Å². The Morgan fingerprint density at radius 3 is 2.25 bits per heavy atom. The van der Waals surface area contributed by atoms with Gasteiger partial charge in [-0.2, -0.15) is 0 Å². The van der Waals surface area contributed by atoms with Crippen molar-refractivity contribution in [2.75, 3.05) is 20.2 Å². The van der Waals surface area contributed by atoms with Crippen molar-refractivity contribution < 1.29 is 23.9 Å². The first kappa shape index (κ1) is 41.3. The molecule has 0 bridgehead atoms. The van der Waals surface area contributed by atoms with Crippen molar-refractivity contribution in [3.8, 4) is 33.6 Å². The van der Waals surface area contributed by atoms with E-state index in [0.717, 1.165) is 81.7 Å². The number of ether oxygens (including phenoxy) is 2. The van der Waals surface area contributed by atoms with E-state index in [-0.39, 0.29) is 35.9 Å². The van der Waals surface area contributed by atoms with Crippen molar-refractivity contribution in [3.63, 3.8) is 0 Å². The molecule has 4 heterocycles. The molecule has 0 saturated carbocycles. The van der Waals surface area contributed by atoms with Crippen LogP contribution in [-0.2, 0) is 20.7 Å². The van der Waals surface area contributed by atoms with Crippen molar-refractivity contribution >= 4 is 28.9 Å². The van der Waals surface area contributed by atoms with Crippen LogP contribution in [0.4, 0.5) is 9.59 Å². The average molecular weight is 822 g/mol. The van der Waals surface area contributed by atoms with Crippen molar-refractivity contribution in [1.82, 2.24) is 35.1 Å². The second-order valence-corrected chi connectivity index (χ2v) is 17.7. The molecule has 3 amide bonds. The number of rotatable bonds is 10. The number of hydrogen-bond acceptors (Lipinski definition) is 7. The van der Waals surface area contributed by atoms with Gasteiger partial charge in [-0.1, -0.05) is 92.7 Å². The molecule has 8 rings (SSSR count). The Morgan fingerprint density at radius 1 is 0.852 bits per heavy atom. The highest BCUT2D eigenvalue weighted by atomic mass is 16.6. The highest BCUT2D eigenvalue weighted by Gasteiger charge is 2.40. The van der Waals surface area contributed by atoms with Gasteiger partial charge in [0.05, 0.1) is 36.8 Å². The van der Waals surface area contributed by atoms with Gasteiger partial charge in [-0.15, -0.1) is 0 Å². The van der Waals surface area contributed by atoms with Crippen molar-refractivity contribution in [2.24, 2.45) is 11.8 Å². The lowest BCUT2D eigenvalue weighted by Crippen LogP contribution is -2.51. The number of methoxy groups -OCH3 is 1. The molecule has 12 heteroatoms. The Bertz CT molecular complexity index is 2500. The second-order valence-electron chi connectivity index (χ2n) is 17.7. The molecule has 0 radical (unpaired) electrons. The molecule has 12 nitrogen and oxygen atoms in total. The third kappa shape index (κ3) is 9.18. The van der Waals surface area contributed by atoms with Crippen LogP contribution in [0.3, 0.4) is 0 Å². The summed E-state index contributed by atoms with van der Waals surface area (Å²) in [6.45, 7) is 10.7. The highest BCUT2D eigenvalue weighted by molar-refractivity contribution is 5.91. The maximum atomic E-state index is 13.6. The zero-order valence-electron chi connectivity index (χ0n) is 35.8. The van der Waals surface area contributed by atoms with Crippen molar-refractivity contribution in [3.05, 3.63) is 121 Å². The summed E-state index contributed by atoms with van der Waals surface area (Å²) in [5.41, 5.74) is 6.56. The molecule has 0 unspecified atom stereocenters. The monoisotopic (exact) mass is 821 g/mol. The smallest absolute Gasteiger partial charge is 0.410 e. The molecule has 0 spiro atoms. The molecule has 4 aromatic carbocycles. The first-order valence-corrected chi connectivity index (χ1v) is 21.3. The summed E-state index contributed by atoms with van der Waals surface area (Å²) >= 11 is 0. The fraction of sp³-hybridized carbons (Fsp3) is 0.367. The van der Waals surface area contributed by atoms with Crippen molar-refractivity contribution in [1.29, 1.82) is 0 Å². The maximum absolute atomic E-state index is 13.6. The van der Waals surface area contributed by atoms with E-state index >= 15 is 0 Å². The van der Waals surface area contributed by atoms with Crippen LogP contribution in [0.2, 0.25) is 0 Å². The second kappa shape index (κ2) is 17.3. The summed E-state index contributed by atoms with van der Waals surface area (Å²) < 4.78 is 10.6. The molecular formula is C49H55N7O5. The predicted molar refractivity (Wildman–Crippen MR) is 236 cm³/mol. The standard InChI is InChI=1S/C49H55N7O5/c1-30(2)43(54-47(58)60-6)46(57)55-22-10-13-41(55)44-50-28-40(53-44)38-21-20-36-25-35(18-19-37(36)26-38)33-14-16-34(17-15-33)39-27-51-45(52-39)42-24-32(23-31-11-8-7-9-12-31)29-56(42)48(59)61-49(3,4)5/h7-9,11-12,14-21,25-28,30,32,41-43H,10,13,22-24,29H2,1-6H3,(H,50,53)(H,51,52)(H,54,58)/t32-,41+,42+,43+/m1/s1. The molecule has 2 saturated heterocycles. The van der Waals surface area contributed by atoms with E-state index in [0.29, 0.717) is 13.1 Å². The Hall–Kier alpha value is -6.43. The number of benzene rings is 4. The van der Waals surface area contributed by atoms with Gasteiger partial charge in [0.2, 0.25) is 5.91 Å². The quantitative estimate of drug-likeness (QED) is 0.125. The molecule has 0 aliphatic carbocycles. The number of H-pyrrole nitrogens is 2. The third-order valence-electron chi connectivity index (χ3n) is 11.8. The van der Waals surface area contributed by atoms with Gasteiger partial charge in [0.25, 0.3) is 0 Å². The van der Waals surface area contributed by atoms with Crippen LogP contribution in [-0.4, -0.2) is 79.7 Å². The minimum Gasteiger partial charge on any atom is -0.453 e. The number of carbonyl (C=O) groups is 3. The number of nitrogens with one attached hydrogen (secondary N) is 3. The maximum Gasteiger partial charge on any atom is 0.410 e. The van der Waals surface area contributed by atoms with Gasteiger partial charge in [0.15, 0.2) is 0 Å². The summed E-state index contributed by atoms with van der Waals surface area (Å²) in [7, 11) is 1.30. The van der Waals surface area contributed by atoms with Crippen LogP contribution in [0.5, 0.6) is 0 Å². The van der Waals surface area contributed by atoms with E-state index in [1.54, 1.807) is 0 Å². The number of imidazole rings is 2. The number of nitrogens with zero attached hydrogens (tertiary/aromatic N) is 4. The third-order valence-corrected chi connectivity index (χ3v) is 11.8. The normalized spacial score (nSPS) is 18.4. The first-order chi connectivity index (χ1) is 29.3. The van der Waals surface area contributed by atoms with Crippen LogP contribution in [0.25, 0.3) is 44.4 Å². The first-order valence-electron chi connectivity index (χ1n) is 21.3. The van der Waals surface area contributed by atoms with Crippen LogP contribution >= 0.6 is 0 Å². The zero-order chi connectivity index (χ0) is 42.8. The van der Waals surface area contributed by atoms with Crippen molar-refractivity contribution in [2.45, 2.75) is 84.0 Å². The molecule has 6 aromatic rings. The van der Waals surface area contributed by atoms with E-state index in [9.17, 15) is 14.4 Å². The Kier molecular flexibility index (Phi) is 11.7. The van der Waals surface area contributed by atoms with Crippen LogP contribution in [0.1, 0.15) is 83.2 Å². The van der Waals surface area contributed by atoms with Crippen LogP contribution in [0, 0.1) is 11.8 Å². The lowest BCUT2D eigenvalue weighted by Gasteiger charge is -2.29. The number of hydrogen-bond donors (Lipinski definition) is 3. The van der Waals surface area contributed by atoms with Crippen LogP contribution in [0.15, 0.2) is 103 Å². The lowest BCUT2D eigenvalue weighted by atomic mass is 9.96. The minimum absolute atomic E-state index is 0.101. The van der Waals surface area contributed by atoms with E-state index in [2.05, 4.69) is 100 Å². The van der Waals surface area contributed by atoms with E-state index in [1.165, 1.54) is 12.7 Å². The number of aromatic nitrogens is 4. The Morgan fingerprint density at radius 2 is 1.54 bits per heavy atom. The molecule has 316 valence electrons. The molecule has 61 heavy (non-hydrogen) atoms. The molecule has 2 aromatic heterocycles. The molecule has 2 aliphatic heterocycles. The molecule has 2 aliphatic rings. The van der Waals surface area contributed by atoms with Gasteiger partial charge >= 0.3 is 12.2 Å². The minimum atomic E-state index is -0.684. The lowest BCUT2D eigenvalue weighted by molar-refractivity contribution is -0.135. The largest absolute Gasteiger partial charge is 0.453 e. The van der Waals surface area contributed by atoms with E-state index in [1.807, 2.05) is 62.9 Å². The molecule has 2 fully saturated rings. The summed E-state index contributed by atoms with van der Waals surface area (Å²) in [5, 5.41) is 4.92. The summed E-state index contributed by atoms with van der Waals surface area (Å²) in [6.07, 6.45) is 6.15. The van der Waals surface area contributed by atoms with E-state index < -0.39 is 17.7 Å². The van der Waals surface area contributed by atoms with Gasteiger partial charge in [0, 0.05) is 24.8 Å². The number of amides is 3. The van der Waals surface area contributed by atoms with Crippen LogP contribution < -0.4 is 5.32 Å². The summed E-state index contributed by atoms with van der Waals surface area (Å²) in [5.74, 6) is 1.55. The SMILES string of the molecule is COC(=O)N[C@H](C(=O)N1CCC[C@H]1c1nc(-c2ccc3cc(-c4ccc(-c5cnc([C@@H]6C[C@@H](Cc7ccccc7)CN6C(=O)OC(C)(C)C)[nH]5)cc4)ccc3c2)c[nH]1)C(C)C. The number of likely N-dealkylation sites (tertiary alicyclic amines) is 2. The van der Waals surface area contributed by atoms with Gasteiger partial charge < -0.3 is 29.7 Å². The fourth-order valence-electron chi connectivity index (χ4n) is 8.73. The summed E-state index contributed by atoms with van der Waals surface area (Å²) in [4.78, 5) is 59.3. The van der Waals surface area contributed by atoms with Gasteiger partial charge in [-0.05, 0) is 103 Å². The Balaban J connectivity index is 0.951. The Labute approximate surface area is 357 Å². The number of carbonyl (C=O) groups excluding carboxylic acids is 3. The number of fused-ring (bicyclic) bond motifs is 1. The van der Waals surface area contributed by atoms with Gasteiger partial charge in [-0.3, -0.25) is 9.69 Å². The number of alkyl carbamates (subject to hydrolysis) is 1. The zero-order valence-corrected chi connectivity index (χ0v) is 35.8. The molecule has 3 N–H and O–H groups in total. The molecular weight excluding hydrogens is 767 g/mol. The summed E-state index contributed by atoms with van der Waals surface area (Å²) in [6, 6.07) is 30.6. The van der Waals surface area contributed by atoms with E-state index in [4.69, 9.17) is 19.4 Å². The van der Waals surface area contributed by atoms with Gasteiger partial charge in [-0.25, -0.2) is 19.6 Å². The molecule has 4 atom stereocenters. The highest BCUT2D eigenvalue weighted by Crippen LogP contribution is 2.38. The number of aromatic amines is 2. The average Bonchev–Trinajstić information content (AvgIpc) is 4.09. The predicted octanol–water partition coefficient (Wildman–Crippen LogP) is 9.87. The fourth-order valence-corrected chi connectivity index (χ4v) is 8.73. The topological polar surface area (TPSA) is 146 Å².